The predicted molar refractivity (Wildman–Crippen MR) is 71.0 cm³/mol. The summed E-state index contributed by atoms with van der Waals surface area (Å²) in [5.74, 6) is -0.427. The Morgan fingerprint density at radius 3 is 2.25 bits per heavy atom. The fraction of sp³-hybridized carbons (Fsp3) is 0.600. The third-order valence-electron chi connectivity index (χ3n) is 4.15. The van der Waals surface area contributed by atoms with Crippen LogP contribution in [0.2, 0.25) is 0 Å². The lowest BCUT2D eigenvalue weighted by molar-refractivity contribution is -0.139. The molecule has 0 bridgehead atoms. The Bertz CT molecular complexity index is 459. The number of hydrogen-bond acceptors (Lipinski definition) is 1. The Hall–Kier alpha value is -1.26. The van der Waals surface area contributed by atoms with Crippen molar-refractivity contribution in [1.29, 1.82) is 0 Å². The zero-order chi connectivity index (χ0) is 14.9. The molecule has 0 aromatic heterocycles. The van der Waals surface area contributed by atoms with E-state index in [-0.39, 0.29) is 6.04 Å². The molecule has 1 aliphatic carbocycles. The van der Waals surface area contributed by atoms with E-state index in [1.54, 1.807) is 0 Å². The first-order valence-electron chi connectivity index (χ1n) is 6.92. The maximum absolute atomic E-state index is 13.2. The van der Waals surface area contributed by atoms with Crippen LogP contribution >= 0.6 is 0 Å². The van der Waals surface area contributed by atoms with Gasteiger partial charge in [0.05, 0.1) is 5.56 Å². The molecule has 2 unspecified atom stereocenters. The zero-order valence-electron chi connectivity index (χ0n) is 11.6. The largest absolute Gasteiger partial charge is 0.419 e. The Morgan fingerprint density at radius 1 is 1.10 bits per heavy atom. The molecule has 1 saturated carbocycles. The molecule has 1 fully saturated rings. The zero-order valence-corrected chi connectivity index (χ0v) is 11.6. The first kappa shape index (κ1) is 15.1. The van der Waals surface area contributed by atoms with Gasteiger partial charge in [0.15, 0.2) is 0 Å². The summed E-state index contributed by atoms with van der Waals surface area (Å²) in [7, 11) is 0. The third-order valence-corrected chi connectivity index (χ3v) is 4.15. The molecular formula is C15H19F4N. The summed E-state index contributed by atoms with van der Waals surface area (Å²) in [5.41, 5.74) is -0.872. The molecule has 1 aromatic rings. The topological polar surface area (TPSA) is 12.0 Å². The molecule has 1 aliphatic rings. The summed E-state index contributed by atoms with van der Waals surface area (Å²) in [6, 6.07) is 3.25. The molecule has 2 atom stereocenters. The van der Waals surface area contributed by atoms with Crippen molar-refractivity contribution in [2.24, 2.45) is 11.8 Å². The van der Waals surface area contributed by atoms with Gasteiger partial charge in [-0.2, -0.15) is 13.2 Å². The van der Waals surface area contributed by atoms with E-state index in [1.165, 1.54) is 6.07 Å². The van der Waals surface area contributed by atoms with Gasteiger partial charge >= 0.3 is 6.18 Å². The quantitative estimate of drug-likeness (QED) is 0.748. The molecule has 1 aromatic carbocycles. The predicted octanol–water partition coefficient (Wildman–Crippen LogP) is 5.08. The average molecular weight is 289 g/mol. The molecule has 112 valence electrons. The van der Waals surface area contributed by atoms with Gasteiger partial charge in [0, 0.05) is 11.7 Å². The molecule has 0 aliphatic heterocycles. The summed E-state index contributed by atoms with van der Waals surface area (Å²) >= 11 is 0. The van der Waals surface area contributed by atoms with E-state index < -0.39 is 17.6 Å². The Labute approximate surface area is 116 Å². The SMILES string of the molecule is CC1CCCC(C)C1Nc1ccc(F)c(C(F)(F)F)c1. The van der Waals surface area contributed by atoms with Crippen molar-refractivity contribution >= 4 is 5.69 Å². The van der Waals surface area contributed by atoms with Crippen LogP contribution < -0.4 is 5.32 Å². The Balaban J connectivity index is 2.21. The maximum atomic E-state index is 13.2. The fourth-order valence-corrected chi connectivity index (χ4v) is 2.99. The van der Waals surface area contributed by atoms with Crippen molar-refractivity contribution in [1.82, 2.24) is 0 Å². The fourth-order valence-electron chi connectivity index (χ4n) is 2.99. The van der Waals surface area contributed by atoms with Gasteiger partial charge in [0.25, 0.3) is 0 Å². The minimum Gasteiger partial charge on any atom is -0.382 e. The molecular weight excluding hydrogens is 270 g/mol. The van der Waals surface area contributed by atoms with Gasteiger partial charge in [0.1, 0.15) is 5.82 Å². The Morgan fingerprint density at radius 2 is 1.70 bits per heavy atom. The van der Waals surface area contributed by atoms with Crippen molar-refractivity contribution in [3.63, 3.8) is 0 Å². The second-order valence-corrected chi connectivity index (χ2v) is 5.75. The van der Waals surface area contributed by atoms with Crippen LogP contribution in [0.4, 0.5) is 23.2 Å². The van der Waals surface area contributed by atoms with Gasteiger partial charge in [-0.05, 0) is 42.9 Å². The summed E-state index contributed by atoms with van der Waals surface area (Å²) in [5, 5.41) is 3.15. The summed E-state index contributed by atoms with van der Waals surface area (Å²) in [4.78, 5) is 0. The normalized spacial score (nSPS) is 27.4. The van der Waals surface area contributed by atoms with Crippen molar-refractivity contribution in [2.75, 3.05) is 5.32 Å². The highest BCUT2D eigenvalue weighted by molar-refractivity contribution is 5.48. The van der Waals surface area contributed by atoms with Crippen LogP contribution in [0.15, 0.2) is 18.2 Å². The van der Waals surface area contributed by atoms with E-state index >= 15 is 0 Å². The lowest BCUT2D eigenvalue weighted by atomic mass is 9.78. The van der Waals surface area contributed by atoms with Crippen molar-refractivity contribution < 1.29 is 17.6 Å². The molecule has 1 N–H and O–H groups in total. The third kappa shape index (κ3) is 3.25. The minimum absolute atomic E-state index is 0.135. The maximum Gasteiger partial charge on any atom is 0.419 e. The van der Waals surface area contributed by atoms with Gasteiger partial charge in [-0.25, -0.2) is 4.39 Å². The molecule has 0 amide bonds. The lowest BCUT2D eigenvalue weighted by Gasteiger charge is -2.36. The van der Waals surface area contributed by atoms with Crippen molar-refractivity contribution in [3.8, 4) is 0 Å². The van der Waals surface area contributed by atoms with E-state index in [4.69, 9.17) is 0 Å². The highest BCUT2D eigenvalue weighted by Crippen LogP contribution is 2.35. The van der Waals surface area contributed by atoms with E-state index in [0.717, 1.165) is 31.4 Å². The molecule has 0 radical (unpaired) electrons. The molecule has 0 spiro atoms. The number of hydrogen-bond donors (Lipinski definition) is 1. The first-order chi connectivity index (χ1) is 9.29. The molecule has 2 rings (SSSR count). The average Bonchev–Trinajstić information content (AvgIpc) is 2.34. The summed E-state index contributed by atoms with van der Waals surface area (Å²) in [6.07, 6.45) is -1.38. The smallest absolute Gasteiger partial charge is 0.382 e. The van der Waals surface area contributed by atoms with Crippen LogP contribution in [0.5, 0.6) is 0 Å². The monoisotopic (exact) mass is 289 g/mol. The first-order valence-corrected chi connectivity index (χ1v) is 6.92. The number of nitrogens with one attached hydrogen (secondary N) is 1. The van der Waals surface area contributed by atoms with Crippen molar-refractivity contribution in [3.05, 3.63) is 29.6 Å². The van der Waals surface area contributed by atoms with Gasteiger partial charge in [0.2, 0.25) is 0 Å². The highest BCUT2D eigenvalue weighted by Gasteiger charge is 2.35. The van der Waals surface area contributed by atoms with Crippen LogP contribution in [0.3, 0.4) is 0 Å². The summed E-state index contributed by atoms with van der Waals surface area (Å²) in [6.45, 7) is 4.20. The number of rotatable bonds is 2. The van der Waals surface area contributed by atoms with Crippen LogP contribution in [0.25, 0.3) is 0 Å². The van der Waals surface area contributed by atoms with Crippen LogP contribution in [0.1, 0.15) is 38.7 Å². The molecule has 0 heterocycles. The minimum atomic E-state index is -4.66. The number of anilines is 1. The number of halogens is 4. The van der Waals surface area contributed by atoms with Crippen LogP contribution in [0, 0.1) is 17.7 Å². The molecule has 20 heavy (non-hydrogen) atoms. The second-order valence-electron chi connectivity index (χ2n) is 5.75. The van der Waals surface area contributed by atoms with E-state index in [0.29, 0.717) is 17.5 Å². The van der Waals surface area contributed by atoms with Crippen LogP contribution in [-0.2, 0) is 6.18 Å². The Kier molecular flexibility index (Phi) is 4.25. The number of benzene rings is 1. The van der Waals surface area contributed by atoms with Crippen molar-refractivity contribution in [2.45, 2.75) is 45.3 Å². The molecule has 1 nitrogen and oxygen atoms in total. The lowest BCUT2D eigenvalue weighted by Crippen LogP contribution is -2.37. The van der Waals surface area contributed by atoms with Gasteiger partial charge in [-0.15, -0.1) is 0 Å². The second kappa shape index (κ2) is 5.62. The van der Waals surface area contributed by atoms with E-state index in [9.17, 15) is 17.6 Å². The summed E-state index contributed by atoms with van der Waals surface area (Å²) < 4.78 is 51.3. The van der Waals surface area contributed by atoms with Gasteiger partial charge in [-0.3, -0.25) is 0 Å². The van der Waals surface area contributed by atoms with Gasteiger partial charge in [-0.1, -0.05) is 20.3 Å². The molecule has 0 saturated heterocycles. The number of alkyl halides is 3. The molecule has 5 heteroatoms. The van der Waals surface area contributed by atoms with Crippen LogP contribution in [-0.4, -0.2) is 6.04 Å². The van der Waals surface area contributed by atoms with Gasteiger partial charge < -0.3 is 5.32 Å². The van der Waals surface area contributed by atoms with E-state index in [1.807, 2.05) is 0 Å². The van der Waals surface area contributed by atoms with E-state index in [2.05, 4.69) is 19.2 Å². The standard InChI is InChI=1S/C15H19F4N/c1-9-4-3-5-10(2)14(9)20-11-6-7-13(16)12(8-11)15(17,18)19/h6-10,14,20H,3-5H2,1-2H3. The highest BCUT2D eigenvalue weighted by atomic mass is 19.4.